The van der Waals surface area contributed by atoms with Crippen molar-refractivity contribution in [2.45, 2.75) is 23.2 Å². The Bertz CT molecular complexity index is 723. The Hall–Kier alpha value is -2.41. The highest BCUT2D eigenvalue weighted by atomic mass is 32.2. The van der Waals surface area contributed by atoms with Crippen LogP contribution >= 0.6 is 11.8 Å². The van der Waals surface area contributed by atoms with Gasteiger partial charge in [0.2, 0.25) is 11.8 Å². The molecule has 0 radical (unpaired) electrons. The Morgan fingerprint density at radius 3 is 2.87 bits per heavy atom. The quantitative estimate of drug-likeness (QED) is 0.923. The standard InChI is InChI=1S/C16H16N4O2S/c1-20-12-6-4-8-18-15(12)23-13(16(20)22)9-14(21)19-10-11-5-2-3-7-17-11/h2-8,13H,9-10H2,1H3,(H,19,21)/t13-/m1/s1. The van der Waals surface area contributed by atoms with E-state index in [1.807, 2.05) is 24.3 Å². The number of aromatic nitrogens is 2. The average Bonchev–Trinajstić information content (AvgIpc) is 2.58. The van der Waals surface area contributed by atoms with E-state index < -0.39 is 5.25 Å². The third kappa shape index (κ3) is 3.50. The average molecular weight is 328 g/mol. The van der Waals surface area contributed by atoms with E-state index in [1.54, 1.807) is 30.4 Å². The van der Waals surface area contributed by atoms with Gasteiger partial charge in [-0.15, -0.1) is 0 Å². The van der Waals surface area contributed by atoms with Gasteiger partial charge in [-0.2, -0.15) is 0 Å². The summed E-state index contributed by atoms with van der Waals surface area (Å²) >= 11 is 1.34. The molecule has 0 saturated carbocycles. The number of anilines is 1. The van der Waals surface area contributed by atoms with Gasteiger partial charge in [-0.3, -0.25) is 14.6 Å². The predicted octanol–water partition coefficient (Wildman–Crippen LogP) is 1.62. The zero-order chi connectivity index (χ0) is 16.2. The van der Waals surface area contributed by atoms with Crippen molar-refractivity contribution < 1.29 is 9.59 Å². The molecule has 3 heterocycles. The minimum atomic E-state index is -0.453. The Balaban J connectivity index is 1.62. The molecule has 1 aliphatic heterocycles. The number of hydrogen-bond donors (Lipinski definition) is 1. The highest BCUT2D eigenvalue weighted by Crippen LogP contribution is 2.37. The summed E-state index contributed by atoms with van der Waals surface area (Å²) < 4.78 is 0. The van der Waals surface area contributed by atoms with Gasteiger partial charge < -0.3 is 10.2 Å². The summed E-state index contributed by atoms with van der Waals surface area (Å²) in [6, 6.07) is 9.18. The van der Waals surface area contributed by atoms with Crippen molar-refractivity contribution in [3.05, 3.63) is 48.4 Å². The molecule has 23 heavy (non-hydrogen) atoms. The number of fused-ring (bicyclic) bond motifs is 1. The summed E-state index contributed by atoms with van der Waals surface area (Å²) in [6.07, 6.45) is 3.49. The van der Waals surface area contributed by atoms with Crippen LogP contribution in [0.4, 0.5) is 5.69 Å². The second-order valence-electron chi connectivity index (χ2n) is 5.13. The van der Waals surface area contributed by atoms with Gasteiger partial charge >= 0.3 is 0 Å². The first-order valence-corrected chi connectivity index (χ1v) is 8.09. The van der Waals surface area contributed by atoms with Crippen LogP contribution in [0, 0.1) is 0 Å². The van der Waals surface area contributed by atoms with Crippen LogP contribution in [0.3, 0.4) is 0 Å². The molecule has 0 bridgehead atoms. The molecule has 0 fully saturated rings. The second kappa shape index (κ2) is 6.78. The fourth-order valence-electron chi connectivity index (χ4n) is 2.31. The third-order valence-electron chi connectivity index (χ3n) is 3.54. The molecule has 1 aliphatic rings. The van der Waals surface area contributed by atoms with Gasteiger partial charge in [0.05, 0.1) is 23.2 Å². The maximum atomic E-state index is 12.4. The van der Waals surface area contributed by atoms with Crippen LogP contribution in [0.1, 0.15) is 12.1 Å². The van der Waals surface area contributed by atoms with Crippen LogP contribution in [0.5, 0.6) is 0 Å². The summed E-state index contributed by atoms with van der Waals surface area (Å²) in [4.78, 5) is 34.5. The van der Waals surface area contributed by atoms with Crippen molar-refractivity contribution in [2.24, 2.45) is 0 Å². The Kier molecular flexibility index (Phi) is 4.57. The van der Waals surface area contributed by atoms with Crippen LogP contribution in [-0.4, -0.2) is 34.1 Å². The van der Waals surface area contributed by atoms with Crippen LogP contribution in [0.15, 0.2) is 47.8 Å². The highest BCUT2D eigenvalue weighted by Gasteiger charge is 2.33. The normalized spacial score (nSPS) is 16.8. The molecule has 7 heteroatoms. The van der Waals surface area contributed by atoms with Gasteiger partial charge in [0.15, 0.2) is 0 Å². The lowest BCUT2D eigenvalue weighted by Crippen LogP contribution is -2.41. The van der Waals surface area contributed by atoms with Crippen LogP contribution in [-0.2, 0) is 16.1 Å². The molecule has 3 rings (SSSR count). The minimum absolute atomic E-state index is 0.0801. The summed E-state index contributed by atoms with van der Waals surface area (Å²) in [5.41, 5.74) is 1.57. The monoisotopic (exact) mass is 328 g/mol. The molecule has 0 aromatic carbocycles. The van der Waals surface area contributed by atoms with Crippen LogP contribution < -0.4 is 10.2 Å². The highest BCUT2D eigenvalue weighted by molar-refractivity contribution is 8.00. The first-order valence-electron chi connectivity index (χ1n) is 7.21. The van der Waals surface area contributed by atoms with Crippen molar-refractivity contribution in [1.82, 2.24) is 15.3 Å². The fourth-order valence-corrected chi connectivity index (χ4v) is 3.52. The molecule has 118 valence electrons. The number of carbonyl (C=O) groups excluding carboxylic acids is 2. The first kappa shape index (κ1) is 15.5. The number of nitrogens with one attached hydrogen (secondary N) is 1. The number of carbonyl (C=O) groups is 2. The zero-order valence-corrected chi connectivity index (χ0v) is 13.4. The number of rotatable bonds is 4. The molecule has 2 amide bonds. The number of amides is 2. The lowest BCUT2D eigenvalue weighted by Gasteiger charge is -2.29. The van der Waals surface area contributed by atoms with Crippen molar-refractivity contribution in [3.63, 3.8) is 0 Å². The van der Waals surface area contributed by atoms with Crippen molar-refractivity contribution in [1.29, 1.82) is 0 Å². The van der Waals surface area contributed by atoms with Gasteiger partial charge in [-0.1, -0.05) is 17.8 Å². The van der Waals surface area contributed by atoms with E-state index in [9.17, 15) is 9.59 Å². The summed E-state index contributed by atoms with van der Waals surface area (Å²) in [5, 5.41) is 3.12. The maximum absolute atomic E-state index is 12.4. The van der Waals surface area contributed by atoms with Gasteiger partial charge in [0, 0.05) is 25.9 Å². The second-order valence-corrected chi connectivity index (χ2v) is 6.32. The first-order chi connectivity index (χ1) is 11.1. The molecule has 2 aromatic rings. The summed E-state index contributed by atoms with van der Waals surface area (Å²) in [5.74, 6) is -0.252. The Labute approximate surface area is 138 Å². The topological polar surface area (TPSA) is 75.2 Å². The Morgan fingerprint density at radius 1 is 1.26 bits per heavy atom. The number of hydrogen-bond acceptors (Lipinski definition) is 5. The van der Waals surface area contributed by atoms with Crippen molar-refractivity contribution >= 4 is 29.3 Å². The lowest BCUT2D eigenvalue weighted by molar-refractivity contribution is -0.124. The Morgan fingerprint density at radius 2 is 2.09 bits per heavy atom. The molecule has 0 saturated heterocycles. The van der Waals surface area contributed by atoms with E-state index in [0.29, 0.717) is 6.54 Å². The summed E-state index contributed by atoms with van der Waals surface area (Å²) in [7, 11) is 1.71. The SMILES string of the molecule is CN1C(=O)[C@@H](CC(=O)NCc2ccccn2)Sc2ncccc21. The molecular formula is C16H16N4O2S. The lowest BCUT2D eigenvalue weighted by atomic mass is 10.2. The maximum Gasteiger partial charge on any atom is 0.240 e. The molecule has 1 N–H and O–H groups in total. The van der Waals surface area contributed by atoms with Crippen molar-refractivity contribution in [3.8, 4) is 0 Å². The number of thioether (sulfide) groups is 1. The number of pyridine rings is 2. The van der Waals surface area contributed by atoms with Gasteiger partial charge in [0.1, 0.15) is 5.03 Å². The van der Waals surface area contributed by atoms with E-state index in [1.165, 1.54) is 11.8 Å². The molecule has 6 nitrogen and oxygen atoms in total. The van der Waals surface area contributed by atoms with E-state index in [4.69, 9.17) is 0 Å². The largest absolute Gasteiger partial charge is 0.350 e. The van der Waals surface area contributed by atoms with Gasteiger partial charge in [-0.25, -0.2) is 4.98 Å². The summed E-state index contributed by atoms with van der Waals surface area (Å²) in [6.45, 7) is 0.357. The third-order valence-corrected chi connectivity index (χ3v) is 4.73. The van der Waals surface area contributed by atoms with E-state index in [0.717, 1.165) is 16.4 Å². The molecule has 0 aliphatic carbocycles. The van der Waals surface area contributed by atoms with Crippen LogP contribution in [0.25, 0.3) is 0 Å². The molecule has 1 atom stereocenters. The zero-order valence-electron chi connectivity index (χ0n) is 12.6. The van der Waals surface area contributed by atoms with Gasteiger partial charge in [-0.05, 0) is 24.3 Å². The van der Waals surface area contributed by atoms with E-state index >= 15 is 0 Å². The molecular weight excluding hydrogens is 312 g/mol. The predicted molar refractivity (Wildman–Crippen MR) is 88.0 cm³/mol. The van der Waals surface area contributed by atoms with Gasteiger partial charge in [0.25, 0.3) is 0 Å². The van der Waals surface area contributed by atoms with E-state index in [2.05, 4.69) is 15.3 Å². The number of nitrogens with zero attached hydrogens (tertiary/aromatic N) is 3. The molecule has 0 spiro atoms. The minimum Gasteiger partial charge on any atom is -0.350 e. The smallest absolute Gasteiger partial charge is 0.240 e. The van der Waals surface area contributed by atoms with Crippen molar-refractivity contribution in [2.75, 3.05) is 11.9 Å². The van der Waals surface area contributed by atoms with Crippen LogP contribution in [0.2, 0.25) is 0 Å². The van der Waals surface area contributed by atoms with E-state index in [-0.39, 0.29) is 18.2 Å². The molecule has 0 unspecified atom stereocenters. The molecule has 2 aromatic heterocycles. The fraction of sp³-hybridized carbons (Fsp3) is 0.250.